The summed E-state index contributed by atoms with van der Waals surface area (Å²) < 4.78 is 6.79. The zero-order valence-corrected chi connectivity index (χ0v) is 10.4. The van der Waals surface area contributed by atoms with Gasteiger partial charge in [-0.2, -0.15) is 5.10 Å². The van der Waals surface area contributed by atoms with E-state index >= 15 is 0 Å². The maximum atomic E-state index is 11.0. The number of oxazole rings is 1. The second-order valence-electron chi connectivity index (χ2n) is 4.26. The van der Waals surface area contributed by atoms with Crippen molar-refractivity contribution in [1.82, 2.24) is 14.8 Å². The van der Waals surface area contributed by atoms with Gasteiger partial charge in [-0.05, 0) is 18.2 Å². The lowest BCUT2D eigenvalue weighted by Gasteiger charge is -1.95. The molecule has 3 aromatic rings. The first-order chi connectivity index (χ1) is 9.04. The maximum absolute atomic E-state index is 11.0. The number of hydrogen-bond donors (Lipinski definition) is 1. The van der Waals surface area contributed by atoms with E-state index in [2.05, 4.69) is 10.1 Å². The molecular formula is C13H11N3O3. The van der Waals surface area contributed by atoms with E-state index in [9.17, 15) is 4.79 Å². The monoisotopic (exact) mass is 257 g/mol. The molecule has 19 heavy (non-hydrogen) atoms. The lowest BCUT2D eigenvalue weighted by molar-refractivity contribution is 0.0685. The summed E-state index contributed by atoms with van der Waals surface area (Å²) >= 11 is 0. The SMILES string of the molecule is Cc1nc2ccc(-c3cc(C(=O)O)n(C)n3)cc2o1. The highest BCUT2D eigenvalue weighted by molar-refractivity contribution is 5.88. The molecule has 6 nitrogen and oxygen atoms in total. The van der Waals surface area contributed by atoms with Gasteiger partial charge < -0.3 is 9.52 Å². The van der Waals surface area contributed by atoms with Crippen molar-refractivity contribution < 1.29 is 14.3 Å². The van der Waals surface area contributed by atoms with Crippen LogP contribution in [-0.2, 0) is 7.05 Å². The fourth-order valence-corrected chi connectivity index (χ4v) is 2.01. The number of hydrogen-bond acceptors (Lipinski definition) is 4. The minimum absolute atomic E-state index is 0.142. The topological polar surface area (TPSA) is 81.1 Å². The van der Waals surface area contributed by atoms with Gasteiger partial charge in [0.15, 0.2) is 11.5 Å². The molecule has 0 spiro atoms. The largest absolute Gasteiger partial charge is 0.477 e. The summed E-state index contributed by atoms with van der Waals surface area (Å²) in [6.07, 6.45) is 0. The summed E-state index contributed by atoms with van der Waals surface area (Å²) in [4.78, 5) is 15.2. The molecule has 0 unspecified atom stereocenters. The highest BCUT2D eigenvalue weighted by Crippen LogP contribution is 2.24. The molecule has 0 aliphatic heterocycles. The van der Waals surface area contributed by atoms with Crippen LogP contribution in [0.5, 0.6) is 0 Å². The standard InChI is InChI=1S/C13H11N3O3/c1-7-14-9-4-3-8(5-12(9)19-7)10-6-11(13(17)18)16(2)15-10/h3-6H,1-2H3,(H,17,18). The van der Waals surface area contributed by atoms with Crippen molar-refractivity contribution in [1.29, 1.82) is 0 Å². The van der Waals surface area contributed by atoms with Crippen molar-refractivity contribution in [3.8, 4) is 11.3 Å². The van der Waals surface area contributed by atoms with Crippen LogP contribution < -0.4 is 0 Å². The zero-order valence-electron chi connectivity index (χ0n) is 10.4. The van der Waals surface area contributed by atoms with Crippen LogP contribution >= 0.6 is 0 Å². The second kappa shape index (κ2) is 3.94. The lowest BCUT2D eigenvalue weighted by Crippen LogP contribution is -2.04. The smallest absolute Gasteiger partial charge is 0.354 e. The van der Waals surface area contributed by atoms with Crippen molar-refractivity contribution >= 4 is 17.1 Å². The molecule has 1 aromatic carbocycles. The molecule has 96 valence electrons. The van der Waals surface area contributed by atoms with E-state index in [-0.39, 0.29) is 5.69 Å². The fourth-order valence-electron chi connectivity index (χ4n) is 2.01. The molecule has 0 amide bonds. The van der Waals surface area contributed by atoms with Gasteiger partial charge in [-0.1, -0.05) is 6.07 Å². The molecule has 0 bridgehead atoms. The summed E-state index contributed by atoms with van der Waals surface area (Å²) in [5.41, 5.74) is 2.97. The molecule has 0 fully saturated rings. The highest BCUT2D eigenvalue weighted by atomic mass is 16.4. The molecule has 3 rings (SSSR count). The second-order valence-corrected chi connectivity index (χ2v) is 4.26. The number of carboxylic acid groups (broad SMARTS) is 1. The minimum Gasteiger partial charge on any atom is -0.477 e. The molecule has 0 aliphatic rings. The highest BCUT2D eigenvalue weighted by Gasteiger charge is 2.13. The van der Waals surface area contributed by atoms with Crippen LogP contribution in [0.2, 0.25) is 0 Å². The van der Waals surface area contributed by atoms with Gasteiger partial charge >= 0.3 is 5.97 Å². The van der Waals surface area contributed by atoms with E-state index in [4.69, 9.17) is 9.52 Å². The van der Waals surface area contributed by atoms with Crippen molar-refractivity contribution in [2.75, 3.05) is 0 Å². The molecule has 0 saturated carbocycles. The number of carboxylic acids is 1. The molecule has 0 saturated heterocycles. The third kappa shape index (κ3) is 1.87. The molecule has 0 radical (unpaired) electrons. The van der Waals surface area contributed by atoms with Gasteiger partial charge in [-0.25, -0.2) is 9.78 Å². The number of nitrogens with zero attached hydrogens (tertiary/aromatic N) is 3. The molecule has 1 N–H and O–H groups in total. The Bertz CT molecular complexity index is 786. The number of carbonyl (C=O) groups is 1. The van der Waals surface area contributed by atoms with E-state index in [1.165, 1.54) is 10.7 Å². The zero-order chi connectivity index (χ0) is 13.6. The Labute approximate surface area is 108 Å². The van der Waals surface area contributed by atoms with Gasteiger partial charge in [-0.3, -0.25) is 4.68 Å². The van der Waals surface area contributed by atoms with Gasteiger partial charge in [0.25, 0.3) is 0 Å². The molecule has 2 aromatic heterocycles. The van der Waals surface area contributed by atoms with Gasteiger partial charge in [0.2, 0.25) is 0 Å². The van der Waals surface area contributed by atoms with Crippen LogP contribution in [0.25, 0.3) is 22.4 Å². The van der Waals surface area contributed by atoms with Gasteiger partial charge in [-0.15, -0.1) is 0 Å². The van der Waals surface area contributed by atoms with Crippen molar-refractivity contribution in [2.24, 2.45) is 7.05 Å². The van der Waals surface area contributed by atoms with E-state index < -0.39 is 5.97 Å². The number of aryl methyl sites for hydroxylation is 2. The Morgan fingerprint density at radius 1 is 1.37 bits per heavy atom. The van der Waals surface area contributed by atoms with Crippen molar-refractivity contribution in [2.45, 2.75) is 6.92 Å². The van der Waals surface area contributed by atoms with E-state index in [0.29, 0.717) is 17.2 Å². The molecule has 6 heteroatoms. The summed E-state index contributed by atoms with van der Waals surface area (Å²) in [5.74, 6) is -0.405. The normalized spacial score (nSPS) is 11.1. The average Bonchev–Trinajstić information content (AvgIpc) is 2.89. The molecule has 0 aliphatic carbocycles. The lowest BCUT2D eigenvalue weighted by atomic mass is 10.1. The van der Waals surface area contributed by atoms with Crippen molar-refractivity contribution in [3.63, 3.8) is 0 Å². The summed E-state index contributed by atoms with van der Waals surface area (Å²) in [6, 6.07) is 7.02. The van der Waals surface area contributed by atoms with Crippen LogP contribution in [0.4, 0.5) is 0 Å². The van der Waals surface area contributed by atoms with E-state index in [1.807, 2.05) is 18.2 Å². The summed E-state index contributed by atoms with van der Waals surface area (Å²) in [6.45, 7) is 1.78. The Balaban J connectivity index is 2.13. The number of fused-ring (bicyclic) bond motifs is 1. The molecular weight excluding hydrogens is 246 g/mol. The summed E-state index contributed by atoms with van der Waals surface area (Å²) in [7, 11) is 1.60. The fraction of sp³-hybridized carbons (Fsp3) is 0.154. The van der Waals surface area contributed by atoms with Gasteiger partial charge in [0.1, 0.15) is 11.2 Å². The van der Waals surface area contributed by atoms with Crippen LogP contribution in [0.1, 0.15) is 16.4 Å². The van der Waals surface area contributed by atoms with Gasteiger partial charge in [0, 0.05) is 19.5 Å². The quantitative estimate of drug-likeness (QED) is 0.761. The first-order valence-corrected chi connectivity index (χ1v) is 5.69. The minimum atomic E-state index is -1.00. The molecule has 0 atom stereocenters. The third-order valence-electron chi connectivity index (χ3n) is 2.89. The Kier molecular flexibility index (Phi) is 2.38. The van der Waals surface area contributed by atoms with Crippen LogP contribution in [0.3, 0.4) is 0 Å². The molecule has 2 heterocycles. The average molecular weight is 257 g/mol. The summed E-state index contributed by atoms with van der Waals surface area (Å²) in [5, 5.41) is 13.2. The third-order valence-corrected chi connectivity index (χ3v) is 2.89. The maximum Gasteiger partial charge on any atom is 0.354 e. The van der Waals surface area contributed by atoms with Gasteiger partial charge in [0.05, 0.1) is 5.69 Å². The number of aromatic nitrogens is 3. The van der Waals surface area contributed by atoms with Crippen LogP contribution in [-0.4, -0.2) is 25.8 Å². The predicted octanol–water partition coefficient (Wildman–Crippen LogP) is 2.23. The Morgan fingerprint density at radius 2 is 2.16 bits per heavy atom. The van der Waals surface area contributed by atoms with E-state index in [1.54, 1.807) is 14.0 Å². The van der Waals surface area contributed by atoms with E-state index in [0.717, 1.165) is 11.1 Å². The first kappa shape index (κ1) is 11.5. The Morgan fingerprint density at radius 3 is 2.84 bits per heavy atom. The first-order valence-electron chi connectivity index (χ1n) is 5.69. The number of rotatable bonds is 2. The van der Waals surface area contributed by atoms with Crippen LogP contribution in [0.15, 0.2) is 28.7 Å². The number of benzene rings is 1. The predicted molar refractivity (Wildman–Crippen MR) is 67.9 cm³/mol. The Hall–Kier alpha value is -2.63. The number of aromatic carboxylic acids is 1. The van der Waals surface area contributed by atoms with Crippen molar-refractivity contribution in [3.05, 3.63) is 35.9 Å². The van der Waals surface area contributed by atoms with Crippen LogP contribution in [0, 0.1) is 6.92 Å².